The van der Waals surface area contributed by atoms with Crippen LogP contribution in [0.15, 0.2) is 5.10 Å². The number of rotatable bonds is 6. The van der Waals surface area contributed by atoms with E-state index in [4.69, 9.17) is 0 Å². The molecule has 1 aliphatic carbocycles. The Hall–Kier alpha value is -1.81. The number of nitrogens with zero attached hydrogens (tertiary/aromatic N) is 3. The van der Waals surface area contributed by atoms with Gasteiger partial charge in [-0.2, -0.15) is 0 Å². The highest BCUT2D eigenvalue weighted by atomic mass is 35.5. The summed E-state index contributed by atoms with van der Waals surface area (Å²) in [5.74, 6) is -0.978. The molecule has 2 heterocycles. The lowest BCUT2D eigenvalue weighted by Gasteiger charge is -2.38. The molecule has 3 aliphatic rings. The standard InChI is InChI=1S/C24H39N5O4S.ClH/c1-24(2,3)22(33)29-12-10-16(11-13-29)18(25-20(31)17-8-6-5-7-9-17)19(30)21(32)26-27-23-28(4)14-15-34-23;/h16-18H,5-15H2,1-4H3,(H,25,31)(H,26,32);1H. The summed E-state index contributed by atoms with van der Waals surface area (Å²) in [6.45, 7) is 7.53. The number of hydrogen-bond donors (Lipinski definition) is 2. The quantitative estimate of drug-likeness (QED) is 0.404. The molecule has 3 amide bonds. The summed E-state index contributed by atoms with van der Waals surface area (Å²) in [4.78, 5) is 55.4. The highest BCUT2D eigenvalue weighted by Gasteiger charge is 2.39. The Morgan fingerprint density at radius 3 is 2.17 bits per heavy atom. The lowest BCUT2D eigenvalue weighted by Crippen LogP contribution is -2.55. The molecule has 0 aromatic carbocycles. The molecule has 2 N–H and O–H groups in total. The number of amidine groups is 1. The molecular formula is C24H40ClN5O4S. The first-order valence-corrected chi connectivity index (χ1v) is 13.4. The monoisotopic (exact) mass is 529 g/mol. The average Bonchev–Trinajstić information content (AvgIpc) is 3.24. The second kappa shape index (κ2) is 12.9. The number of hydrogen-bond acceptors (Lipinski definition) is 6. The van der Waals surface area contributed by atoms with Crippen LogP contribution in [0.2, 0.25) is 0 Å². The molecule has 1 atom stereocenters. The average molecular weight is 530 g/mol. The number of carbonyl (C=O) groups excluding carboxylic acids is 4. The summed E-state index contributed by atoms with van der Waals surface area (Å²) in [6, 6.07) is -0.907. The van der Waals surface area contributed by atoms with Gasteiger partial charge in [0.15, 0.2) is 5.17 Å². The van der Waals surface area contributed by atoms with Crippen molar-refractivity contribution in [2.75, 3.05) is 32.4 Å². The maximum Gasteiger partial charge on any atom is 0.309 e. The van der Waals surface area contributed by atoms with E-state index in [1.807, 2.05) is 37.6 Å². The van der Waals surface area contributed by atoms with Gasteiger partial charge in [0.1, 0.15) is 6.04 Å². The van der Waals surface area contributed by atoms with Crippen molar-refractivity contribution < 1.29 is 19.2 Å². The van der Waals surface area contributed by atoms with E-state index < -0.39 is 23.1 Å². The van der Waals surface area contributed by atoms with Gasteiger partial charge in [0.25, 0.3) is 0 Å². The fraction of sp³-hybridized carbons (Fsp3) is 0.792. The minimum absolute atomic E-state index is 0. The van der Waals surface area contributed by atoms with E-state index in [0.29, 0.717) is 31.1 Å². The van der Waals surface area contributed by atoms with E-state index in [2.05, 4.69) is 15.8 Å². The minimum atomic E-state index is -0.907. The number of amides is 3. The van der Waals surface area contributed by atoms with Gasteiger partial charge in [0.05, 0.1) is 0 Å². The lowest BCUT2D eigenvalue weighted by atomic mass is 9.84. The molecule has 0 aromatic rings. The van der Waals surface area contributed by atoms with Crippen molar-refractivity contribution in [1.82, 2.24) is 20.5 Å². The zero-order valence-electron chi connectivity index (χ0n) is 21.3. The summed E-state index contributed by atoms with van der Waals surface area (Å²) in [6.07, 6.45) is 5.89. The molecule has 3 fully saturated rings. The molecule has 0 radical (unpaired) electrons. The maximum absolute atomic E-state index is 13.2. The van der Waals surface area contributed by atoms with Gasteiger partial charge >= 0.3 is 5.91 Å². The van der Waals surface area contributed by atoms with Crippen molar-refractivity contribution in [1.29, 1.82) is 0 Å². The molecule has 3 rings (SSSR count). The SMILES string of the molecule is CN1CCSC1=NNC(=O)C(=O)C(NC(=O)C1CCCCC1)C1CCN(C(=O)C(C)(C)C)CC1.Cl. The molecule has 1 unspecified atom stereocenters. The van der Waals surface area contributed by atoms with E-state index in [9.17, 15) is 19.2 Å². The first kappa shape index (κ1) is 29.4. The first-order valence-electron chi connectivity index (χ1n) is 12.4. The number of carbonyl (C=O) groups is 4. The van der Waals surface area contributed by atoms with Crippen molar-refractivity contribution in [3.63, 3.8) is 0 Å². The van der Waals surface area contributed by atoms with Crippen LogP contribution >= 0.6 is 24.2 Å². The largest absolute Gasteiger partial charge is 0.352 e. The van der Waals surface area contributed by atoms with Gasteiger partial charge in [-0.15, -0.1) is 17.5 Å². The van der Waals surface area contributed by atoms with E-state index >= 15 is 0 Å². The van der Waals surface area contributed by atoms with Gasteiger partial charge in [-0.1, -0.05) is 51.8 Å². The maximum atomic E-state index is 13.2. The van der Waals surface area contributed by atoms with Crippen molar-refractivity contribution in [3.05, 3.63) is 0 Å². The number of likely N-dealkylation sites (tertiary alicyclic amines) is 1. The van der Waals surface area contributed by atoms with Crippen molar-refractivity contribution in [3.8, 4) is 0 Å². The van der Waals surface area contributed by atoms with E-state index in [-0.39, 0.29) is 36.1 Å². The van der Waals surface area contributed by atoms with Crippen LogP contribution < -0.4 is 10.7 Å². The molecule has 11 heteroatoms. The third kappa shape index (κ3) is 7.84. The molecule has 2 saturated heterocycles. The summed E-state index contributed by atoms with van der Waals surface area (Å²) in [5.41, 5.74) is 1.92. The Balaban J connectivity index is 0.00000432. The van der Waals surface area contributed by atoms with Crippen LogP contribution in [0, 0.1) is 17.3 Å². The first-order chi connectivity index (χ1) is 16.1. The number of piperidine rings is 1. The Bertz CT molecular complexity index is 817. The van der Waals surface area contributed by atoms with Crippen LogP contribution in [0.25, 0.3) is 0 Å². The van der Waals surface area contributed by atoms with Gasteiger partial charge < -0.3 is 15.1 Å². The smallest absolute Gasteiger partial charge is 0.309 e. The molecule has 0 spiro atoms. The molecule has 2 aliphatic heterocycles. The Kier molecular flexibility index (Phi) is 10.9. The van der Waals surface area contributed by atoms with Gasteiger partial charge in [-0.25, -0.2) is 5.43 Å². The summed E-state index contributed by atoms with van der Waals surface area (Å²) in [7, 11) is 1.88. The van der Waals surface area contributed by atoms with Gasteiger partial charge in [-0.3, -0.25) is 19.2 Å². The second-order valence-corrected chi connectivity index (χ2v) is 11.7. The molecule has 35 heavy (non-hydrogen) atoms. The fourth-order valence-corrected chi connectivity index (χ4v) is 5.81. The lowest BCUT2D eigenvalue weighted by molar-refractivity contribution is -0.144. The van der Waals surface area contributed by atoms with Crippen LogP contribution in [0.1, 0.15) is 65.7 Å². The molecule has 0 aromatic heterocycles. The van der Waals surface area contributed by atoms with Gasteiger partial charge in [0.2, 0.25) is 17.6 Å². The van der Waals surface area contributed by atoms with Crippen LogP contribution in [0.3, 0.4) is 0 Å². The minimum Gasteiger partial charge on any atom is -0.352 e. The molecule has 0 bridgehead atoms. The number of thioether (sulfide) groups is 1. The molecule has 1 saturated carbocycles. The van der Waals surface area contributed by atoms with Crippen LogP contribution in [0.5, 0.6) is 0 Å². The number of Topliss-reactive ketones (excluding diaryl/α,β-unsaturated/α-hetero) is 1. The Morgan fingerprint density at radius 1 is 1.00 bits per heavy atom. The van der Waals surface area contributed by atoms with E-state index in [1.54, 1.807) is 0 Å². The number of halogens is 1. The summed E-state index contributed by atoms with van der Waals surface area (Å²) >= 11 is 1.52. The van der Waals surface area contributed by atoms with Gasteiger partial charge in [-0.05, 0) is 31.6 Å². The fourth-order valence-electron chi connectivity index (χ4n) is 4.84. The number of ketones is 1. The topological polar surface area (TPSA) is 111 Å². The third-order valence-electron chi connectivity index (χ3n) is 6.96. The van der Waals surface area contributed by atoms with E-state index in [1.165, 1.54) is 11.8 Å². The van der Waals surface area contributed by atoms with E-state index in [0.717, 1.165) is 44.4 Å². The normalized spacial score (nSPS) is 21.9. The molecular weight excluding hydrogens is 490 g/mol. The van der Waals surface area contributed by atoms with Crippen molar-refractivity contribution in [2.45, 2.75) is 71.8 Å². The predicted molar refractivity (Wildman–Crippen MR) is 140 cm³/mol. The van der Waals surface area contributed by atoms with Crippen LogP contribution in [0.4, 0.5) is 0 Å². The number of nitrogens with one attached hydrogen (secondary N) is 2. The Morgan fingerprint density at radius 2 is 1.63 bits per heavy atom. The third-order valence-corrected chi connectivity index (χ3v) is 8.01. The number of hydrazone groups is 1. The van der Waals surface area contributed by atoms with Crippen LogP contribution in [-0.4, -0.2) is 76.9 Å². The zero-order valence-corrected chi connectivity index (χ0v) is 22.9. The highest BCUT2D eigenvalue weighted by Crippen LogP contribution is 2.28. The summed E-state index contributed by atoms with van der Waals surface area (Å²) in [5, 5.41) is 7.70. The van der Waals surface area contributed by atoms with Crippen molar-refractivity contribution >= 4 is 52.8 Å². The highest BCUT2D eigenvalue weighted by molar-refractivity contribution is 8.14. The van der Waals surface area contributed by atoms with Crippen molar-refractivity contribution in [2.24, 2.45) is 22.4 Å². The van der Waals surface area contributed by atoms with Crippen LogP contribution in [-0.2, 0) is 19.2 Å². The molecule has 198 valence electrons. The molecule has 9 nitrogen and oxygen atoms in total. The Labute approximate surface area is 219 Å². The van der Waals surface area contributed by atoms with Gasteiger partial charge in [0, 0.05) is 43.8 Å². The second-order valence-electron chi connectivity index (χ2n) is 10.7. The zero-order chi connectivity index (χ0) is 24.9. The summed E-state index contributed by atoms with van der Waals surface area (Å²) < 4.78 is 0. The predicted octanol–water partition coefficient (Wildman–Crippen LogP) is 2.39.